The minimum absolute atomic E-state index is 0.0472. The van der Waals surface area contributed by atoms with Crippen molar-refractivity contribution in [3.63, 3.8) is 0 Å². The second-order valence-corrected chi connectivity index (χ2v) is 9.34. The largest absolute Gasteiger partial charge is 0.481 e. The molecule has 1 aliphatic carbocycles. The van der Waals surface area contributed by atoms with Gasteiger partial charge in [-0.05, 0) is 66.8 Å². The summed E-state index contributed by atoms with van der Waals surface area (Å²) in [6, 6.07) is 23.1. The normalized spacial score (nSPS) is 14.2. The number of methoxy groups -OCH3 is 1. The highest BCUT2D eigenvalue weighted by atomic mass is 16.5. The van der Waals surface area contributed by atoms with Gasteiger partial charge in [0.2, 0.25) is 5.88 Å². The first kappa shape index (κ1) is 22.9. The molecule has 0 spiro atoms. The Bertz CT molecular complexity index is 1500. The molecule has 1 aliphatic heterocycles. The standard InChI is InChI=1S/C30H26N4O3/c1-37-28-14-11-21(18-31-28)25-6-4-7-26(33-25)30(36)34-16-15-19-9-10-20(29(35)32-22-12-13-22)17-24(19)23-5-2-3-8-27(23)34/h2-11,14,17-18,22H,12-13,15-16H2,1H3,(H,32,35). The Morgan fingerprint density at radius 1 is 0.973 bits per heavy atom. The number of aromatic nitrogens is 2. The van der Waals surface area contributed by atoms with Crippen LogP contribution >= 0.6 is 0 Å². The number of fused-ring (bicyclic) bond motifs is 3. The summed E-state index contributed by atoms with van der Waals surface area (Å²) in [6.07, 6.45) is 4.44. The van der Waals surface area contributed by atoms with Gasteiger partial charge < -0.3 is 15.0 Å². The van der Waals surface area contributed by atoms with E-state index in [0.29, 0.717) is 41.8 Å². The average molecular weight is 491 g/mol. The molecule has 184 valence electrons. The van der Waals surface area contributed by atoms with Crippen molar-refractivity contribution < 1.29 is 14.3 Å². The van der Waals surface area contributed by atoms with Gasteiger partial charge in [-0.2, -0.15) is 0 Å². The second kappa shape index (κ2) is 9.50. The Balaban J connectivity index is 1.34. The summed E-state index contributed by atoms with van der Waals surface area (Å²) >= 11 is 0. The van der Waals surface area contributed by atoms with Crippen LogP contribution in [0.25, 0.3) is 22.4 Å². The molecule has 1 N–H and O–H groups in total. The smallest absolute Gasteiger partial charge is 0.276 e. The Labute approximate surface area is 215 Å². The highest BCUT2D eigenvalue weighted by molar-refractivity contribution is 6.08. The molecule has 1 saturated carbocycles. The van der Waals surface area contributed by atoms with Crippen LogP contribution in [0.4, 0.5) is 5.69 Å². The quantitative estimate of drug-likeness (QED) is 0.430. The summed E-state index contributed by atoms with van der Waals surface area (Å²) < 4.78 is 5.14. The van der Waals surface area contributed by atoms with Crippen molar-refractivity contribution in [2.45, 2.75) is 25.3 Å². The third-order valence-electron chi connectivity index (χ3n) is 6.83. The van der Waals surface area contributed by atoms with E-state index in [1.54, 1.807) is 30.3 Å². The van der Waals surface area contributed by atoms with Crippen molar-refractivity contribution >= 4 is 17.5 Å². The fourth-order valence-corrected chi connectivity index (χ4v) is 4.69. The van der Waals surface area contributed by atoms with Gasteiger partial charge in [0.25, 0.3) is 11.8 Å². The maximum absolute atomic E-state index is 13.8. The highest BCUT2D eigenvalue weighted by Crippen LogP contribution is 2.37. The number of amides is 2. The number of carbonyl (C=O) groups is 2. The summed E-state index contributed by atoms with van der Waals surface area (Å²) in [5.41, 5.74) is 6.30. The molecule has 0 bridgehead atoms. The van der Waals surface area contributed by atoms with Crippen LogP contribution in [0.2, 0.25) is 0 Å². The van der Waals surface area contributed by atoms with Gasteiger partial charge in [-0.25, -0.2) is 9.97 Å². The molecule has 0 unspecified atom stereocenters. The van der Waals surface area contributed by atoms with Crippen LogP contribution in [0.5, 0.6) is 5.88 Å². The third kappa shape index (κ3) is 4.56. The van der Waals surface area contributed by atoms with Crippen molar-refractivity contribution in [3.8, 4) is 28.3 Å². The maximum Gasteiger partial charge on any atom is 0.276 e. The lowest BCUT2D eigenvalue weighted by Gasteiger charge is -2.23. The number of carbonyl (C=O) groups excluding carboxylic acids is 2. The molecule has 4 aromatic rings. The summed E-state index contributed by atoms with van der Waals surface area (Å²) in [4.78, 5) is 37.3. The minimum atomic E-state index is -0.171. The molecule has 3 heterocycles. The van der Waals surface area contributed by atoms with Crippen LogP contribution in [0, 0.1) is 0 Å². The summed E-state index contributed by atoms with van der Waals surface area (Å²) in [6.45, 7) is 0.506. The molecular formula is C30H26N4O3. The van der Waals surface area contributed by atoms with Crippen molar-refractivity contribution in [2.24, 2.45) is 0 Å². The average Bonchev–Trinajstić information content (AvgIpc) is 3.78. The van der Waals surface area contributed by atoms with Crippen molar-refractivity contribution in [1.29, 1.82) is 0 Å². The zero-order chi connectivity index (χ0) is 25.4. The number of benzene rings is 2. The Morgan fingerprint density at radius 3 is 2.62 bits per heavy atom. The lowest BCUT2D eigenvalue weighted by Crippen LogP contribution is -2.33. The number of rotatable bonds is 5. The minimum Gasteiger partial charge on any atom is -0.481 e. The number of hydrogen-bond acceptors (Lipinski definition) is 5. The van der Waals surface area contributed by atoms with Gasteiger partial charge in [0.05, 0.1) is 18.5 Å². The van der Waals surface area contributed by atoms with Gasteiger partial charge in [0, 0.05) is 41.5 Å². The Hall–Kier alpha value is -4.52. The lowest BCUT2D eigenvalue weighted by atomic mass is 9.95. The zero-order valence-corrected chi connectivity index (χ0v) is 20.5. The SMILES string of the molecule is COc1ccc(-c2cccc(C(=O)N3CCc4ccc(C(=O)NC5CC5)cc4-c4ccccc43)n2)cn1. The molecule has 6 rings (SSSR count). The number of hydrogen-bond donors (Lipinski definition) is 1. The van der Waals surface area contributed by atoms with Crippen LogP contribution in [-0.4, -0.2) is 41.5 Å². The molecule has 37 heavy (non-hydrogen) atoms. The zero-order valence-electron chi connectivity index (χ0n) is 20.5. The number of pyridine rings is 2. The van der Waals surface area contributed by atoms with E-state index < -0.39 is 0 Å². The van der Waals surface area contributed by atoms with Crippen LogP contribution in [0.3, 0.4) is 0 Å². The van der Waals surface area contributed by atoms with Crippen molar-refractivity contribution in [3.05, 3.63) is 95.8 Å². The second-order valence-electron chi connectivity index (χ2n) is 9.34. The van der Waals surface area contributed by atoms with E-state index >= 15 is 0 Å². The van der Waals surface area contributed by atoms with E-state index in [2.05, 4.69) is 15.3 Å². The predicted octanol–water partition coefficient (Wildman–Crippen LogP) is 4.91. The van der Waals surface area contributed by atoms with Gasteiger partial charge >= 0.3 is 0 Å². The van der Waals surface area contributed by atoms with Crippen molar-refractivity contribution in [2.75, 3.05) is 18.6 Å². The first-order valence-corrected chi connectivity index (χ1v) is 12.4. The first-order chi connectivity index (χ1) is 18.1. The number of nitrogens with one attached hydrogen (secondary N) is 1. The lowest BCUT2D eigenvalue weighted by molar-refractivity contribution is 0.0949. The Kier molecular flexibility index (Phi) is 5.88. The van der Waals surface area contributed by atoms with E-state index in [1.807, 2.05) is 60.7 Å². The molecule has 0 saturated heterocycles. The molecule has 7 nitrogen and oxygen atoms in total. The van der Waals surface area contributed by atoms with E-state index in [-0.39, 0.29) is 11.8 Å². The van der Waals surface area contributed by atoms with E-state index in [4.69, 9.17) is 4.74 Å². The number of para-hydroxylation sites is 1. The molecule has 1 fully saturated rings. The summed E-state index contributed by atoms with van der Waals surface area (Å²) in [5.74, 6) is 0.300. The molecule has 0 atom stereocenters. The molecule has 7 heteroatoms. The molecule has 2 aliphatic rings. The van der Waals surface area contributed by atoms with Gasteiger partial charge in [-0.1, -0.05) is 30.3 Å². The fourth-order valence-electron chi connectivity index (χ4n) is 4.69. The third-order valence-corrected chi connectivity index (χ3v) is 6.83. The van der Waals surface area contributed by atoms with Crippen LogP contribution < -0.4 is 15.0 Å². The molecular weight excluding hydrogens is 464 g/mol. The van der Waals surface area contributed by atoms with E-state index in [9.17, 15) is 9.59 Å². The summed E-state index contributed by atoms with van der Waals surface area (Å²) in [7, 11) is 1.57. The fraction of sp³-hybridized carbons (Fsp3) is 0.200. The number of nitrogens with zero attached hydrogens (tertiary/aromatic N) is 3. The number of anilines is 1. The van der Waals surface area contributed by atoms with Gasteiger partial charge in [-0.15, -0.1) is 0 Å². The van der Waals surface area contributed by atoms with Gasteiger partial charge in [0.15, 0.2) is 0 Å². The predicted molar refractivity (Wildman–Crippen MR) is 142 cm³/mol. The molecule has 2 aromatic carbocycles. The first-order valence-electron chi connectivity index (χ1n) is 12.4. The molecule has 2 amide bonds. The van der Waals surface area contributed by atoms with Crippen LogP contribution in [0.1, 0.15) is 39.3 Å². The van der Waals surface area contributed by atoms with Crippen LogP contribution in [0.15, 0.2) is 79.0 Å². The van der Waals surface area contributed by atoms with E-state index in [1.165, 1.54) is 0 Å². The van der Waals surface area contributed by atoms with Crippen molar-refractivity contribution in [1.82, 2.24) is 15.3 Å². The highest BCUT2D eigenvalue weighted by Gasteiger charge is 2.28. The Morgan fingerprint density at radius 2 is 1.84 bits per heavy atom. The van der Waals surface area contributed by atoms with Gasteiger partial charge in [-0.3, -0.25) is 9.59 Å². The van der Waals surface area contributed by atoms with Gasteiger partial charge in [0.1, 0.15) is 5.69 Å². The number of ether oxygens (including phenoxy) is 1. The van der Waals surface area contributed by atoms with Crippen LogP contribution in [-0.2, 0) is 6.42 Å². The monoisotopic (exact) mass is 490 g/mol. The molecule has 0 radical (unpaired) electrons. The van der Waals surface area contributed by atoms with E-state index in [0.717, 1.165) is 40.8 Å². The topological polar surface area (TPSA) is 84.4 Å². The molecule has 2 aromatic heterocycles. The maximum atomic E-state index is 13.8. The summed E-state index contributed by atoms with van der Waals surface area (Å²) in [5, 5.41) is 3.07.